The first-order chi connectivity index (χ1) is 18.0. The van der Waals surface area contributed by atoms with Gasteiger partial charge < -0.3 is 19.5 Å². The van der Waals surface area contributed by atoms with Gasteiger partial charge in [0, 0.05) is 18.7 Å². The van der Waals surface area contributed by atoms with Gasteiger partial charge in [-0.2, -0.15) is 13.2 Å². The zero-order valence-electron chi connectivity index (χ0n) is 21.3. The lowest BCUT2D eigenvalue weighted by Crippen LogP contribution is -2.60. The molecule has 1 fully saturated rings. The highest BCUT2D eigenvalue weighted by Gasteiger charge is 2.39. The molecule has 1 aromatic carbocycles. The van der Waals surface area contributed by atoms with E-state index < -0.39 is 73.3 Å². The molecule has 11 nitrogen and oxygen atoms in total. The van der Waals surface area contributed by atoms with Crippen LogP contribution in [-0.2, 0) is 19.1 Å². The predicted molar refractivity (Wildman–Crippen MR) is 128 cm³/mol. The molecule has 4 amide bonds. The number of benzene rings is 1. The summed E-state index contributed by atoms with van der Waals surface area (Å²) in [5, 5.41) is 2.55. The molecule has 0 spiro atoms. The molecule has 2 rings (SSSR count). The first-order valence-electron chi connectivity index (χ1n) is 11.7. The molecule has 1 heterocycles. The van der Waals surface area contributed by atoms with Crippen molar-refractivity contribution in [1.82, 2.24) is 21.1 Å². The molecule has 39 heavy (non-hydrogen) atoms. The molecular weight excluding hydrogens is 556 g/mol. The van der Waals surface area contributed by atoms with Crippen LogP contribution in [0.15, 0.2) is 18.2 Å². The monoisotopic (exact) mass is 584 g/mol. The Bertz CT molecular complexity index is 1050. The minimum Gasteiger partial charge on any atom is -0.484 e. The van der Waals surface area contributed by atoms with Crippen LogP contribution in [0.2, 0.25) is 5.02 Å². The Kier molecular flexibility index (Phi) is 11.0. The normalized spacial score (nSPS) is 17.6. The van der Waals surface area contributed by atoms with Gasteiger partial charge in [-0.25, -0.2) is 19.4 Å². The first-order valence-corrected chi connectivity index (χ1v) is 12.1. The zero-order valence-corrected chi connectivity index (χ0v) is 22.1. The number of alkyl halides is 3. The highest BCUT2D eigenvalue weighted by atomic mass is 35.5. The number of hydrogen-bond donors (Lipinski definition) is 3. The summed E-state index contributed by atoms with van der Waals surface area (Å²) in [7, 11) is 0. The average molecular weight is 585 g/mol. The standard InChI is InChI=1S/C23H29ClF4N4O7/c1-22(2,3)39-21(36)32-11-13(29-18(33)12-38-14-5-6-15(24)16(25)10-14)4-7-17(32)19(34)30-31-20(35)37-9-8-23(26,27)28/h5-6,10,13,17H,4,7-9,11-12H2,1-3H3,(H,29,33)(H,30,34)(H,31,35)/t13-,17+/m1/s1. The Morgan fingerprint density at radius 3 is 2.41 bits per heavy atom. The van der Waals surface area contributed by atoms with E-state index >= 15 is 0 Å². The Morgan fingerprint density at radius 1 is 1.10 bits per heavy atom. The second-order valence-corrected chi connectivity index (χ2v) is 9.88. The number of nitrogens with one attached hydrogen (secondary N) is 3. The summed E-state index contributed by atoms with van der Waals surface area (Å²) >= 11 is 5.61. The summed E-state index contributed by atoms with van der Waals surface area (Å²) in [5.41, 5.74) is 2.92. The molecule has 0 radical (unpaired) electrons. The quantitative estimate of drug-likeness (QED) is 0.330. The fourth-order valence-corrected chi connectivity index (χ4v) is 3.48. The molecule has 1 saturated heterocycles. The Hall–Kier alpha value is -3.49. The fourth-order valence-electron chi connectivity index (χ4n) is 3.36. The highest BCUT2D eigenvalue weighted by molar-refractivity contribution is 6.30. The van der Waals surface area contributed by atoms with Crippen LogP contribution >= 0.6 is 11.6 Å². The van der Waals surface area contributed by atoms with Crippen LogP contribution < -0.4 is 20.9 Å². The summed E-state index contributed by atoms with van der Waals surface area (Å²) in [6.45, 7) is 3.27. The average Bonchev–Trinajstić information content (AvgIpc) is 2.81. The van der Waals surface area contributed by atoms with E-state index in [1.807, 2.05) is 10.9 Å². The number of nitrogens with zero attached hydrogens (tertiary/aromatic N) is 1. The van der Waals surface area contributed by atoms with Crippen molar-refractivity contribution >= 4 is 35.6 Å². The van der Waals surface area contributed by atoms with Crippen molar-refractivity contribution in [2.45, 2.75) is 63.9 Å². The summed E-state index contributed by atoms with van der Waals surface area (Å²) in [4.78, 5) is 50.5. The predicted octanol–water partition coefficient (Wildman–Crippen LogP) is 3.45. The molecule has 0 unspecified atom stereocenters. The fraction of sp³-hybridized carbons (Fsp3) is 0.565. The van der Waals surface area contributed by atoms with Crippen LogP contribution in [-0.4, -0.2) is 72.5 Å². The zero-order chi connectivity index (χ0) is 29.4. The van der Waals surface area contributed by atoms with Crippen molar-refractivity contribution in [3.8, 4) is 5.75 Å². The van der Waals surface area contributed by atoms with Gasteiger partial charge in [-0.3, -0.25) is 19.9 Å². The molecule has 2 atom stereocenters. The van der Waals surface area contributed by atoms with Gasteiger partial charge in [-0.1, -0.05) is 11.6 Å². The minimum atomic E-state index is -4.52. The van der Waals surface area contributed by atoms with Crippen molar-refractivity contribution < 1.29 is 51.0 Å². The molecule has 1 aromatic rings. The number of halogens is 5. The van der Waals surface area contributed by atoms with E-state index in [9.17, 15) is 36.7 Å². The van der Waals surface area contributed by atoms with Gasteiger partial charge >= 0.3 is 18.4 Å². The maximum atomic E-state index is 13.5. The minimum absolute atomic E-state index is 0.0318. The van der Waals surface area contributed by atoms with Crippen LogP contribution in [0.4, 0.5) is 27.2 Å². The number of rotatable bonds is 7. The largest absolute Gasteiger partial charge is 0.484 e. The van der Waals surface area contributed by atoms with E-state index in [4.69, 9.17) is 21.1 Å². The van der Waals surface area contributed by atoms with Crippen molar-refractivity contribution in [3.05, 3.63) is 29.0 Å². The van der Waals surface area contributed by atoms with Crippen LogP contribution in [0.25, 0.3) is 0 Å². The molecule has 1 aliphatic heterocycles. The van der Waals surface area contributed by atoms with Gasteiger partial charge in [-0.05, 0) is 45.7 Å². The van der Waals surface area contributed by atoms with Crippen LogP contribution in [0, 0.1) is 5.82 Å². The summed E-state index contributed by atoms with van der Waals surface area (Å²) in [6, 6.07) is 1.92. The van der Waals surface area contributed by atoms with E-state index in [0.717, 1.165) is 11.0 Å². The van der Waals surface area contributed by atoms with E-state index in [0.29, 0.717) is 0 Å². The molecule has 3 N–H and O–H groups in total. The maximum Gasteiger partial charge on any atom is 0.426 e. The van der Waals surface area contributed by atoms with E-state index in [1.165, 1.54) is 12.1 Å². The van der Waals surface area contributed by atoms with E-state index in [2.05, 4.69) is 10.1 Å². The molecule has 16 heteroatoms. The van der Waals surface area contributed by atoms with Gasteiger partial charge in [0.15, 0.2) is 6.61 Å². The lowest BCUT2D eigenvalue weighted by Gasteiger charge is -2.39. The topological polar surface area (TPSA) is 135 Å². The SMILES string of the molecule is CC(C)(C)OC(=O)N1C[C@H](NC(=O)COc2ccc(Cl)c(F)c2)CC[C@H]1C(=O)NNC(=O)OCCC(F)(F)F. The third-order valence-electron chi connectivity index (χ3n) is 5.05. The number of hydrogen-bond acceptors (Lipinski definition) is 7. The van der Waals surface area contributed by atoms with Gasteiger partial charge in [0.05, 0.1) is 11.4 Å². The molecule has 0 aromatic heterocycles. The number of piperidine rings is 1. The van der Waals surface area contributed by atoms with Gasteiger partial charge in [-0.15, -0.1) is 0 Å². The molecule has 218 valence electrons. The first kappa shape index (κ1) is 31.7. The van der Waals surface area contributed by atoms with E-state index in [-0.39, 0.29) is 30.2 Å². The second-order valence-electron chi connectivity index (χ2n) is 9.47. The maximum absolute atomic E-state index is 13.5. The van der Waals surface area contributed by atoms with Crippen LogP contribution in [0.3, 0.4) is 0 Å². The lowest BCUT2D eigenvalue weighted by atomic mass is 9.98. The number of likely N-dealkylation sites (tertiary alicyclic amines) is 1. The highest BCUT2D eigenvalue weighted by Crippen LogP contribution is 2.23. The van der Waals surface area contributed by atoms with Crippen LogP contribution in [0.5, 0.6) is 5.75 Å². The van der Waals surface area contributed by atoms with Crippen LogP contribution in [0.1, 0.15) is 40.0 Å². The smallest absolute Gasteiger partial charge is 0.426 e. The van der Waals surface area contributed by atoms with Crippen molar-refractivity contribution in [2.75, 3.05) is 19.8 Å². The summed E-state index contributed by atoms with van der Waals surface area (Å²) in [5.74, 6) is -2.08. The molecule has 1 aliphatic rings. The Balaban J connectivity index is 1.96. The number of carbonyl (C=O) groups excluding carboxylic acids is 4. The van der Waals surface area contributed by atoms with Crippen molar-refractivity contribution in [2.24, 2.45) is 0 Å². The Labute approximate surface area is 226 Å². The number of hydrazine groups is 1. The summed E-state index contributed by atoms with van der Waals surface area (Å²) in [6.07, 6.45) is -7.82. The Morgan fingerprint density at radius 2 is 1.79 bits per heavy atom. The van der Waals surface area contributed by atoms with E-state index in [1.54, 1.807) is 20.8 Å². The van der Waals surface area contributed by atoms with Gasteiger partial charge in [0.2, 0.25) is 0 Å². The lowest BCUT2D eigenvalue weighted by molar-refractivity contribution is -0.141. The molecule has 0 saturated carbocycles. The summed E-state index contributed by atoms with van der Waals surface area (Å²) < 4.78 is 65.0. The molecule has 0 aliphatic carbocycles. The van der Waals surface area contributed by atoms with Gasteiger partial charge in [0.25, 0.3) is 11.8 Å². The third kappa shape index (κ3) is 11.4. The third-order valence-corrected chi connectivity index (χ3v) is 5.35. The number of carbonyl (C=O) groups is 4. The number of ether oxygens (including phenoxy) is 3. The molecule has 0 bridgehead atoms. The number of amides is 4. The second kappa shape index (κ2) is 13.5. The van der Waals surface area contributed by atoms with Gasteiger partial charge in [0.1, 0.15) is 29.8 Å². The van der Waals surface area contributed by atoms with Crippen molar-refractivity contribution in [1.29, 1.82) is 0 Å². The molecular formula is C23H29ClF4N4O7. The van der Waals surface area contributed by atoms with Crippen molar-refractivity contribution in [3.63, 3.8) is 0 Å².